The van der Waals surface area contributed by atoms with E-state index < -0.39 is 0 Å². The SMILES string of the molecule is CCCNOCC. The summed E-state index contributed by atoms with van der Waals surface area (Å²) in [6.07, 6.45) is 1.12. The van der Waals surface area contributed by atoms with Gasteiger partial charge in [0.1, 0.15) is 0 Å². The fraction of sp³-hybridized carbons (Fsp3) is 1.00. The van der Waals surface area contributed by atoms with Gasteiger partial charge in [0.15, 0.2) is 0 Å². The van der Waals surface area contributed by atoms with E-state index in [0.717, 1.165) is 19.6 Å². The van der Waals surface area contributed by atoms with Gasteiger partial charge in [-0.3, -0.25) is 0 Å². The number of hydrogen-bond acceptors (Lipinski definition) is 2. The molecule has 0 rings (SSSR count). The topological polar surface area (TPSA) is 21.3 Å². The third-order valence-corrected chi connectivity index (χ3v) is 0.598. The van der Waals surface area contributed by atoms with Crippen LogP contribution in [0.3, 0.4) is 0 Å². The predicted octanol–water partition coefficient (Wildman–Crippen LogP) is 0.938. The number of nitrogens with one attached hydrogen (secondary N) is 1. The maximum absolute atomic E-state index is 4.82. The number of hydroxylamine groups is 1. The van der Waals surface area contributed by atoms with Crippen molar-refractivity contribution in [3.8, 4) is 0 Å². The molecule has 0 fully saturated rings. The third-order valence-electron chi connectivity index (χ3n) is 0.598. The van der Waals surface area contributed by atoms with Crippen LogP contribution in [-0.4, -0.2) is 13.2 Å². The lowest BCUT2D eigenvalue weighted by Crippen LogP contribution is -2.14. The van der Waals surface area contributed by atoms with E-state index in [9.17, 15) is 0 Å². The van der Waals surface area contributed by atoms with Crippen LogP contribution in [0, 0.1) is 0 Å². The van der Waals surface area contributed by atoms with E-state index in [2.05, 4.69) is 12.4 Å². The highest BCUT2D eigenvalue weighted by atomic mass is 16.6. The molecule has 0 aliphatic heterocycles. The summed E-state index contributed by atoms with van der Waals surface area (Å²) in [5.74, 6) is 0. The summed E-state index contributed by atoms with van der Waals surface area (Å²) >= 11 is 0. The summed E-state index contributed by atoms with van der Waals surface area (Å²) in [6, 6.07) is 0. The molecule has 0 aliphatic rings. The Bertz CT molecular complexity index is 27.3. The molecule has 0 unspecified atom stereocenters. The van der Waals surface area contributed by atoms with Crippen LogP contribution in [-0.2, 0) is 4.84 Å². The molecule has 0 radical (unpaired) electrons. The molecule has 2 nitrogen and oxygen atoms in total. The molecule has 2 heteroatoms. The molecule has 0 aromatic carbocycles. The van der Waals surface area contributed by atoms with Crippen LogP contribution in [0.15, 0.2) is 0 Å². The Balaban J connectivity index is 2.45. The number of hydrogen-bond donors (Lipinski definition) is 1. The molecule has 0 aromatic rings. The zero-order valence-electron chi connectivity index (χ0n) is 5.03. The third kappa shape index (κ3) is 5.92. The van der Waals surface area contributed by atoms with Gasteiger partial charge in [0.2, 0.25) is 0 Å². The fourth-order valence-corrected chi connectivity index (χ4v) is 0.276. The summed E-state index contributed by atoms with van der Waals surface area (Å²) in [5.41, 5.74) is 2.78. The molecule has 0 aromatic heterocycles. The van der Waals surface area contributed by atoms with Gasteiger partial charge in [-0.15, -0.1) is 0 Å². The Kier molecular flexibility index (Phi) is 5.85. The predicted molar refractivity (Wildman–Crippen MR) is 29.9 cm³/mol. The van der Waals surface area contributed by atoms with Crippen LogP contribution in [0.4, 0.5) is 0 Å². The van der Waals surface area contributed by atoms with Gasteiger partial charge in [-0.1, -0.05) is 6.92 Å². The highest BCUT2D eigenvalue weighted by molar-refractivity contribution is 4.25. The highest BCUT2D eigenvalue weighted by Gasteiger charge is 1.75. The maximum Gasteiger partial charge on any atom is 0.0653 e. The lowest BCUT2D eigenvalue weighted by Gasteiger charge is -1.97. The Morgan fingerprint density at radius 3 is 2.57 bits per heavy atom. The van der Waals surface area contributed by atoms with Gasteiger partial charge in [0.25, 0.3) is 0 Å². The van der Waals surface area contributed by atoms with E-state index in [-0.39, 0.29) is 0 Å². The average molecular weight is 103 g/mol. The van der Waals surface area contributed by atoms with Gasteiger partial charge >= 0.3 is 0 Å². The van der Waals surface area contributed by atoms with Crippen LogP contribution >= 0.6 is 0 Å². The van der Waals surface area contributed by atoms with Crippen molar-refractivity contribution in [3.63, 3.8) is 0 Å². The number of rotatable bonds is 4. The van der Waals surface area contributed by atoms with Crippen molar-refractivity contribution < 1.29 is 4.84 Å². The Labute approximate surface area is 44.8 Å². The van der Waals surface area contributed by atoms with Crippen molar-refractivity contribution in [2.75, 3.05) is 13.2 Å². The van der Waals surface area contributed by atoms with Crippen molar-refractivity contribution in [3.05, 3.63) is 0 Å². The zero-order chi connectivity index (χ0) is 5.54. The van der Waals surface area contributed by atoms with Crippen LogP contribution < -0.4 is 5.48 Å². The molecule has 0 saturated heterocycles. The molecule has 0 heterocycles. The quantitative estimate of drug-likeness (QED) is 0.422. The van der Waals surface area contributed by atoms with Crippen molar-refractivity contribution in [2.24, 2.45) is 0 Å². The zero-order valence-corrected chi connectivity index (χ0v) is 5.03. The Morgan fingerprint density at radius 2 is 2.14 bits per heavy atom. The molecule has 44 valence electrons. The van der Waals surface area contributed by atoms with Crippen molar-refractivity contribution in [1.29, 1.82) is 0 Å². The van der Waals surface area contributed by atoms with E-state index in [1.807, 2.05) is 6.92 Å². The summed E-state index contributed by atoms with van der Waals surface area (Å²) in [5, 5.41) is 0. The first-order chi connectivity index (χ1) is 3.41. The van der Waals surface area contributed by atoms with Gasteiger partial charge in [-0.05, 0) is 13.3 Å². The fourth-order valence-electron chi connectivity index (χ4n) is 0.276. The molecule has 0 saturated carbocycles. The molecular formula is C5H13NO. The minimum absolute atomic E-state index is 0.750. The molecule has 0 aliphatic carbocycles. The van der Waals surface area contributed by atoms with Gasteiger partial charge in [-0.25, -0.2) is 5.48 Å². The monoisotopic (exact) mass is 103 g/mol. The molecule has 0 amide bonds. The second kappa shape index (κ2) is 5.92. The van der Waals surface area contributed by atoms with Crippen molar-refractivity contribution in [2.45, 2.75) is 20.3 Å². The second-order valence-electron chi connectivity index (χ2n) is 1.33. The molecular weight excluding hydrogens is 90.1 g/mol. The smallest absolute Gasteiger partial charge is 0.0653 e. The van der Waals surface area contributed by atoms with Crippen LogP contribution in [0.5, 0.6) is 0 Å². The Morgan fingerprint density at radius 1 is 1.43 bits per heavy atom. The molecule has 0 bridgehead atoms. The van der Waals surface area contributed by atoms with Gasteiger partial charge < -0.3 is 4.84 Å². The van der Waals surface area contributed by atoms with E-state index in [1.54, 1.807) is 0 Å². The minimum Gasteiger partial charge on any atom is -0.302 e. The van der Waals surface area contributed by atoms with Gasteiger partial charge in [0, 0.05) is 6.54 Å². The standard InChI is InChI=1S/C5H13NO/c1-3-5-6-7-4-2/h6H,3-5H2,1-2H3. The lowest BCUT2D eigenvalue weighted by molar-refractivity contribution is 0.0512. The normalized spacial score (nSPS) is 9.43. The molecule has 7 heavy (non-hydrogen) atoms. The summed E-state index contributed by atoms with van der Waals surface area (Å²) < 4.78 is 0. The summed E-state index contributed by atoms with van der Waals surface area (Å²) in [4.78, 5) is 4.82. The van der Waals surface area contributed by atoms with Gasteiger partial charge in [0.05, 0.1) is 6.61 Å². The Hall–Kier alpha value is -0.0800. The molecule has 1 N–H and O–H groups in total. The van der Waals surface area contributed by atoms with E-state index in [0.29, 0.717) is 0 Å². The van der Waals surface area contributed by atoms with Crippen molar-refractivity contribution >= 4 is 0 Å². The highest BCUT2D eigenvalue weighted by Crippen LogP contribution is 1.68. The van der Waals surface area contributed by atoms with E-state index >= 15 is 0 Å². The summed E-state index contributed by atoms with van der Waals surface area (Å²) in [6.45, 7) is 5.77. The summed E-state index contributed by atoms with van der Waals surface area (Å²) in [7, 11) is 0. The first-order valence-electron chi connectivity index (χ1n) is 2.76. The van der Waals surface area contributed by atoms with E-state index in [4.69, 9.17) is 4.84 Å². The van der Waals surface area contributed by atoms with Gasteiger partial charge in [-0.2, -0.15) is 0 Å². The van der Waals surface area contributed by atoms with Crippen molar-refractivity contribution in [1.82, 2.24) is 5.48 Å². The van der Waals surface area contributed by atoms with E-state index in [1.165, 1.54) is 0 Å². The first kappa shape index (κ1) is 6.92. The minimum atomic E-state index is 0.750. The molecule has 0 spiro atoms. The molecule has 0 atom stereocenters. The maximum atomic E-state index is 4.82. The lowest BCUT2D eigenvalue weighted by atomic mass is 10.5. The first-order valence-corrected chi connectivity index (χ1v) is 2.76. The second-order valence-corrected chi connectivity index (χ2v) is 1.33. The van der Waals surface area contributed by atoms with Crippen LogP contribution in [0.25, 0.3) is 0 Å². The largest absolute Gasteiger partial charge is 0.302 e. The van der Waals surface area contributed by atoms with Crippen LogP contribution in [0.2, 0.25) is 0 Å². The van der Waals surface area contributed by atoms with Crippen LogP contribution in [0.1, 0.15) is 20.3 Å². The average Bonchev–Trinajstić information content (AvgIpc) is 1.69.